The number of hydrogen-bond donors (Lipinski definition) is 2. The summed E-state index contributed by atoms with van der Waals surface area (Å²) in [4.78, 5) is 4.69. The normalized spacial score (nSPS) is 9.68. The van der Waals surface area contributed by atoms with Gasteiger partial charge in [0.2, 0.25) is 5.95 Å². The van der Waals surface area contributed by atoms with Gasteiger partial charge in [0.25, 0.3) is 0 Å². The molecule has 3 nitrogen and oxygen atoms in total. The molecular weight excluding hydrogens is 263 g/mol. The Bertz CT molecular complexity index is 491. The van der Waals surface area contributed by atoms with Crippen molar-refractivity contribution in [1.29, 1.82) is 0 Å². The number of hydrogen-bond acceptors (Lipinski definition) is 4. The Hall–Kier alpha value is -1.43. The van der Waals surface area contributed by atoms with Crippen molar-refractivity contribution < 1.29 is 9.50 Å². The SMILES string of the molecule is CCNSc1ccc(-c2ccnc(F)c2)cc1.CO. The highest BCUT2D eigenvalue weighted by atomic mass is 32.2. The zero-order valence-corrected chi connectivity index (χ0v) is 11.7. The summed E-state index contributed by atoms with van der Waals surface area (Å²) in [7, 11) is 1.00. The standard InChI is InChI=1S/C13H13FN2S.CH4O/c1-2-16-17-12-5-3-10(4-6-12)11-7-8-15-13(14)9-11;1-2/h3-9,16H,2H2,1H3;2H,1H3. The topological polar surface area (TPSA) is 45.2 Å². The number of benzene rings is 1. The van der Waals surface area contributed by atoms with Gasteiger partial charge in [-0.15, -0.1) is 0 Å². The molecule has 0 fully saturated rings. The molecule has 0 saturated carbocycles. The molecule has 19 heavy (non-hydrogen) atoms. The first-order valence-electron chi connectivity index (χ1n) is 5.86. The molecule has 1 heterocycles. The minimum atomic E-state index is -0.450. The summed E-state index contributed by atoms with van der Waals surface area (Å²) in [6, 6.07) is 11.2. The van der Waals surface area contributed by atoms with E-state index in [0.717, 1.165) is 29.7 Å². The highest BCUT2D eigenvalue weighted by molar-refractivity contribution is 7.97. The maximum absolute atomic E-state index is 13.0. The van der Waals surface area contributed by atoms with Gasteiger partial charge in [0.1, 0.15) is 0 Å². The molecule has 0 saturated heterocycles. The summed E-state index contributed by atoms with van der Waals surface area (Å²) in [5, 5.41) is 7.00. The molecule has 2 N–H and O–H groups in total. The molecule has 2 rings (SSSR count). The number of aromatic nitrogens is 1. The van der Waals surface area contributed by atoms with Crippen LogP contribution in [0, 0.1) is 5.95 Å². The Kier molecular flexibility index (Phi) is 7.10. The van der Waals surface area contributed by atoms with Crippen LogP contribution >= 0.6 is 11.9 Å². The van der Waals surface area contributed by atoms with Crippen LogP contribution in [0.4, 0.5) is 4.39 Å². The van der Waals surface area contributed by atoms with Gasteiger partial charge < -0.3 is 5.11 Å². The number of halogens is 1. The zero-order chi connectivity index (χ0) is 14.1. The van der Waals surface area contributed by atoms with Gasteiger partial charge in [0, 0.05) is 30.8 Å². The van der Waals surface area contributed by atoms with Crippen molar-refractivity contribution in [2.75, 3.05) is 13.7 Å². The summed E-state index contributed by atoms with van der Waals surface area (Å²) in [5.41, 5.74) is 1.84. The molecule has 0 atom stereocenters. The maximum Gasteiger partial charge on any atom is 0.213 e. The first-order chi connectivity index (χ1) is 9.29. The molecule has 0 aliphatic heterocycles. The summed E-state index contributed by atoms with van der Waals surface area (Å²) in [6.07, 6.45) is 1.48. The van der Waals surface area contributed by atoms with E-state index in [1.807, 2.05) is 24.3 Å². The number of pyridine rings is 1. The van der Waals surface area contributed by atoms with Crippen LogP contribution < -0.4 is 4.72 Å². The fourth-order valence-corrected chi connectivity index (χ4v) is 2.04. The van der Waals surface area contributed by atoms with E-state index in [2.05, 4.69) is 16.6 Å². The monoisotopic (exact) mass is 280 g/mol. The second kappa shape index (κ2) is 8.63. The molecule has 5 heteroatoms. The van der Waals surface area contributed by atoms with Crippen molar-refractivity contribution in [2.24, 2.45) is 0 Å². The lowest BCUT2D eigenvalue weighted by atomic mass is 10.1. The van der Waals surface area contributed by atoms with E-state index in [-0.39, 0.29) is 0 Å². The second-order valence-electron chi connectivity index (χ2n) is 3.49. The minimum Gasteiger partial charge on any atom is -0.400 e. The number of aliphatic hydroxyl groups is 1. The number of rotatable bonds is 4. The van der Waals surface area contributed by atoms with Gasteiger partial charge in [-0.05, 0) is 41.3 Å². The highest BCUT2D eigenvalue weighted by Gasteiger charge is 2.00. The smallest absolute Gasteiger partial charge is 0.213 e. The predicted octanol–water partition coefficient (Wildman–Crippen LogP) is 3.11. The van der Waals surface area contributed by atoms with Crippen LogP contribution in [0.1, 0.15) is 6.92 Å². The largest absolute Gasteiger partial charge is 0.400 e. The Balaban J connectivity index is 0.000000861. The van der Waals surface area contributed by atoms with E-state index < -0.39 is 5.95 Å². The van der Waals surface area contributed by atoms with Crippen molar-refractivity contribution in [3.05, 3.63) is 48.5 Å². The Morgan fingerprint density at radius 3 is 2.42 bits per heavy atom. The van der Waals surface area contributed by atoms with E-state index in [1.54, 1.807) is 18.0 Å². The molecule has 0 amide bonds. The van der Waals surface area contributed by atoms with Gasteiger partial charge in [0.05, 0.1) is 0 Å². The number of nitrogens with one attached hydrogen (secondary N) is 1. The summed E-state index contributed by atoms with van der Waals surface area (Å²) < 4.78 is 16.2. The lowest BCUT2D eigenvalue weighted by Gasteiger charge is -2.04. The molecule has 2 aromatic rings. The van der Waals surface area contributed by atoms with Crippen LogP contribution in [0.15, 0.2) is 47.5 Å². The van der Waals surface area contributed by atoms with Crippen molar-refractivity contribution in [2.45, 2.75) is 11.8 Å². The molecule has 0 unspecified atom stereocenters. The molecule has 0 aliphatic carbocycles. The van der Waals surface area contributed by atoms with Crippen LogP contribution in [-0.4, -0.2) is 23.7 Å². The molecule has 102 valence electrons. The maximum atomic E-state index is 13.0. The van der Waals surface area contributed by atoms with E-state index >= 15 is 0 Å². The minimum absolute atomic E-state index is 0.450. The van der Waals surface area contributed by atoms with Crippen LogP contribution in [0.3, 0.4) is 0 Å². The van der Waals surface area contributed by atoms with Crippen LogP contribution in [0.2, 0.25) is 0 Å². The third-order valence-corrected chi connectivity index (χ3v) is 3.19. The molecule has 0 bridgehead atoms. The van der Waals surface area contributed by atoms with Gasteiger partial charge in [0.15, 0.2) is 0 Å². The van der Waals surface area contributed by atoms with Gasteiger partial charge >= 0.3 is 0 Å². The molecular formula is C14H17FN2OS. The molecule has 1 aromatic carbocycles. The van der Waals surface area contributed by atoms with Crippen molar-refractivity contribution in [3.8, 4) is 11.1 Å². The summed E-state index contributed by atoms with van der Waals surface area (Å²) in [6.45, 7) is 2.98. The van der Waals surface area contributed by atoms with Gasteiger partial charge in [-0.3, -0.25) is 4.72 Å². The first-order valence-corrected chi connectivity index (χ1v) is 6.67. The fourth-order valence-electron chi connectivity index (χ4n) is 1.45. The Labute approximate surface area is 117 Å². The summed E-state index contributed by atoms with van der Waals surface area (Å²) in [5.74, 6) is -0.450. The number of aliphatic hydroxyl groups excluding tert-OH is 1. The van der Waals surface area contributed by atoms with Gasteiger partial charge in [-0.2, -0.15) is 4.39 Å². The first kappa shape index (κ1) is 15.6. The van der Waals surface area contributed by atoms with Crippen LogP contribution in [0.5, 0.6) is 0 Å². The third-order valence-electron chi connectivity index (χ3n) is 2.25. The lowest BCUT2D eigenvalue weighted by Crippen LogP contribution is -1.99. The van der Waals surface area contributed by atoms with Gasteiger partial charge in [-0.25, -0.2) is 4.98 Å². The predicted molar refractivity (Wildman–Crippen MR) is 77.3 cm³/mol. The summed E-state index contributed by atoms with van der Waals surface area (Å²) >= 11 is 1.59. The third kappa shape index (κ3) is 4.98. The molecule has 0 spiro atoms. The molecule has 0 radical (unpaired) electrons. The zero-order valence-electron chi connectivity index (χ0n) is 10.9. The Morgan fingerprint density at radius 1 is 1.16 bits per heavy atom. The average molecular weight is 280 g/mol. The van der Waals surface area contributed by atoms with Crippen molar-refractivity contribution >= 4 is 11.9 Å². The molecule has 0 aliphatic rings. The van der Waals surface area contributed by atoms with E-state index in [9.17, 15) is 4.39 Å². The van der Waals surface area contributed by atoms with E-state index in [4.69, 9.17) is 5.11 Å². The molecule has 1 aromatic heterocycles. The fraction of sp³-hybridized carbons (Fsp3) is 0.214. The van der Waals surface area contributed by atoms with Crippen molar-refractivity contribution in [3.63, 3.8) is 0 Å². The van der Waals surface area contributed by atoms with Crippen molar-refractivity contribution in [1.82, 2.24) is 9.71 Å². The highest BCUT2D eigenvalue weighted by Crippen LogP contribution is 2.22. The van der Waals surface area contributed by atoms with E-state index in [0.29, 0.717) is 0 Å². The number of nitrogens with zero attached hydrogens (tertiary/aromatic N) is 1. The average Bonchev–Trinajstić information content (AvgIpc) is 2.48. The van der Waals surface area contributed by atoms with Crippen LogP contribution in [-0.2, 0) is 0 Å². The second-order valence-corrected chi connectivity index (χ2v) is 4.46. The van der Waals surface area contributed by atoms with Crippen LogP contribution in [0.25, 0.3) is 11.1 Å². The lowest BCUT2D eigenvalue weighted by molar-refractivity contribution is 0.399. The van der Waals surface area contributed by atoms with Gasteiger partial charge in [-0.1, -0.05) is 19.1 Å². The van der Waals surface area contributed by atoms with E-state index in [1.165, 1.54) is 12.3 Å². The Morgan fingerprint density at radius 2 is 1.84 bits per heavy atom. The quantitative estimate of drug-likeness (QED) is 0.667.